The van der Waals surface area contributed by atoms with Crippen LogP contribution in [-0.4, -0.2) is 23.7 Å². The van der Waals surface area contributed by atoms with Gasteiger partial charge in [0.05, 0.1) is 12.0 Å². The first-order valence-corrected chi connectivity index (χ1v) is 7.05. The van der Waals surface area contributed by atoms with Gasteiger partial charge in [0.2, 0.25) is 5.91 Å². The Bertz CT molecular complexity index is 376. The van der Waals surface area contributed by atoms with Crippen LogP contribution in [0.5, 0.6) is 0 Å². The highest BCUT2D eigenvalue weighted by molar-refractivity contribution is 5.83. The van der Waals surface area contributed by atoms with Crippen LogP contribution in [-0.2, 0) is 4.79 Å². The van der Waals surface area contributed by atoms with Crippen LogP contribution in [0.25, 0.3) is 0 Å². The number of benzene rings is 1. The first-order valence-electron chi connectivity index (χ1n) is 7.05. The SMILES string of the molecule is CCC(C(=O)NCC(O)CC(C)C)c1ccccc1. The molecule has 0 radical (unpaired) electrons. The maximum absolute atomic E-state index is 12.1. The molecule has 0 aliphatic rings. The zero-order valence-corrected chi connectivity index (χ0v) is 12.1. The number of rotatable bonds is 7. The van der Waals surface area contributed by atoms with Crippen LogP contribution < -0.4 is 5.32 Å². The molecule has 2 atom stereocenters. The van der Waals surface area contributed by atoms with Crippen LogP contribution in [0, 0.1) is 5.92 Å². The first kappa shape index (κ1) is 15.7. The molecule has 1 aromatic rings. The van der Waals surface area contributed by atoms with Gasteiger partial charge in [0, 0.05) is 6.54 Å². The van der Waals surface area contributed by atoms with Crippen LogP contribution in [0.3, 0.4) is 0 Å². The van der Waals surface area contributed by atoms with Crippen molar-refractivity contribution >= 4 is 5.91 Å². The van der Waals surface area contributed by atoms with Crippen molar-refractivity contribution in [1.29, 1.82) is 0 Å². The molecule has 0 saturated carbocycles. The number of nitrogens with one attached hydrogen (secondary N) is 1. The fraction of sp³-hybridized carbons (Fsp3) is 0.562. The third-order valence-corrected chi connectivity index (χ3v) is 3.18. The number of aliphatic hydroxyl groups excluding tert-OH is 1. The second-order valence-electron chi connectivity index (χ2n) is 5.40. The highest BCUT2D eigenvalue weighted by atomic mass is 16.3. The Morgan fingerprint density at radius 1 is 1.26 bits per heavy atom. The summed E-state index contributed by atoms with van der Waals surface area (Å²) in [5.41, 5.74) is 1.03. The van der Waals surface area contributed by atoms with E-state index >= 15 is 0 Å². The Morgan fingerprint density at radius 3 is 2.42 bits per heavy atom. The standard InChI is InChI=1S/C16H25NO2/c1-4-15(13-8-6-5-7-9-13)16(19)17-11-14(18)10-12(2)3/h5-9,12,14-15,18H,4,10-11H2,1-3H3,(H,17,19). The van der Waals surface area contributed by atoms with Crippen molar-refractivity contribution in [2.75, 3.05) is 6.54 Å². The summed E-state index contributed by atoms with van der Waals surface area (Å²) in [6.07, 6.45) is 1.01. The van der Waals surface area contributed by atoms with Gasteiger partial charge in [0.1, 0.15) is 0 Å². The number of aliphatic hydroxyl groups is 1. The molecule has 0 saturated heterocycles. The molecule has 0 heterocycles. The Labute approximate surface area is 116 Å². The van der Waals surface area contributed by atoms with Crippen molar-refractivity contribution in [1.82, 2.24) is 5.32 Å². The number of carbonyl (C=O) groups is 1. The molecule has 1 amide bonds. The maximum Gasteiger partial charge on any atom is 0.227 e. The summed E-state index contributed by atoms with van der Waals surface area (Å²) in [5, 5.41) is 12.6. The minimum absolute atomic E-state index is 0.00324. The van der Waals surface area contributed by atoms with Crippen molar-refractivity contribution in [2.24, 2.45) is 5.92 Å². The largest absolute Gasteiger partial charge is 0.391 e. The van der Waals surface area contributed by atoms with Gasteiger partial charge in [-0.2, -0.15) is 0 Å². The zero-order chi connectivity index (χ0) is 14.3. The summed E-state index contributed by atoms with van der Waals surface area (Å²) in [4.78, 5) is 12.1. The normalized spacial score (nSPS) is 14.2. The van der Waals surface area contributed by atoms with Crippen LogP contribution in [0.15, 0.2) is 30.3 Å². The van der Waals surface area contributed by atoms with Gasteiger partial charge in [-0.1, -0.05) is 51.1 Å². The number of hydrogen-bond acceptors (Lipinski definition) is 2. The minimum Gasteiger partial charge on any atom is -0.391 e. The topological polar surface area (TPSA) is 49.3 Å². The number of hydrogen-bond donors (Lipinski definition) is 2. The van der Waals surface area contributed by atoms with Crippen molar-refractivity contribution in [3.8, 4) is 0 Å². The fourth-order valence-corrected chi connectivity index (χ4v) is 2.23. The molecular formula is C16H25NO2. The first-order chi connectivity index (χ1) is 9.04. The van der Waals surface area contributed by atoms with E-state index in [9.17, 15) is 9.90 Å². The summed E-state index contributed by atoms with van der Waals surface area (Å²) < 4.78 is 0. The van der Waals surface area contributed by atoms with Crippen molar-refractivity contribution in [2.45, 2.75) is 45.6 Å². The lowest BCUT2D eigenvalue weighted by Gasteiger charge is -2.18. The molecule has 0 aliphatic heterocycles. The van der Waals surface area contributed by atoms with Gasteiger partial charge < -0.3 is 10.4 Å². The van der Waals surface area contributed by atoms with E-state index in [2.05, 4.69) is 19.2 Å². The molecule has 2 unspecified atom stereocenters. The smallest absolute Gasteiger partial charge is 0.227 e. The van der Waals surface area contributed by atoms with Crippen molar-refractivity contribution in [3.05, 3.63) is 35.9 Å². The van der Waals surface area contributed by atoms with Gasteiger partial charge in [0.25, 0.3) is 0 Å². The van der Waals surface area contributed by atoms with E-state index < -0.39 is 6.10 Å². The molecule has 0 bridgehead atoms. The molecule has 1 rings (SSSR count). The molecule has 2 N–H and O–H groups in total. The van der Waals surface area contributed by atoms with Gasteiger partial charge in [-0.25, -0.2) is 0 Å². The minimum atomic E-state index is -0.461. The lowest BCUT2D eigenvalue weighted by molar-refractivity contribution is -0.123. The second-order valence-corrected chi connectivity index (χ2v) is 5.40. The molecule has 0 spiro atoms. The van der Waals surface area contributed by atoms with E-state index in [1.165, 1.54) is 0 Å². The average Bonchev–Trinajstić information content (AvgIpc) is 2.38. The molecule has 1 aromatic carbocycles. The lowest BCUT2D eigenvalue weighted by atomic mass is 9.95. The number of carbonyl (C=O) groups excluding carboxylic acids is 1. The summed E-state index contributed by atoms with van der Waals surface area (Å²) >= 11 is 0. The quantitative estimate of drug-likeness (QED) is 0.794. The summed E-state index contributed by atoms with van der Waals surface area (Å²) in [6, 6.07) is 9.77. The third kappa shape index (κ3) is 5.43. The van der Waals surface area contributed by atoms with Crippen LogP contribution in [0.1, 0.15) is 45.1 Å². The van der Waals surface area contributed by atoms with Gasteiger partial charge in [-0.05, 0) is 24.3 Å². The summed E-state index contributed by atoms with van der Waals surface area (Å²) in [6.45, 7) is 6.45. The van der Waals surface area contributed by atoms with Gasteiger partial charge in [0.15, 0.2) is 0 Å². The summed E-state index contributed by atoms with van der Waals surface area (Å²) in [5.74, 6) is 0.298. The molecular weight excluding hydrogens is 238 g/mol. The van der Waals surface area contributed by atoms with Crippen LogP contribution >= 0.6 is 0 Å². The Morgan fingerprint density at radius 2 is 1.89 bits per heavy atom. The van der Waals surface area contributed by atoms with E-state index in [4.69, 9.17) is 0 Å². The van der Waals surface area contributed by atoms with Crippen LogP contribution in [0.2, 0.25) is 0 Å². The van der Waals surface area contributed by atoms with Crippen molar-refractivity contribution in [3.63, 3.8) is 0 Å². The summed E-state index contributed by atoms with van der Waals surface area (Å²) in [7, 11) is 0. The molecule has 0 aliphatic carbocycles. The highest BCUT2D eigenvalue weighted by Gasteiger charge is 2.19. The molecule has 106 valence electrons. The molecule has 19 heavy (non-hydrogen) atoms. The van der Waals surface area contributed by atoms with E-state index in [0.717, 1.165) is 12.0 Å². The highest BCUT2D eigenvalue weighted by Crippen LogP contribution is 2.19. The van der Waals surface area contributed by atoms with E-state index in [1.54, 1.807) is 0 Å². The van der Waals surface area contributed by atoms with E-state index in [-0.39, 0.29) is 11.8 Å². The third-order valence-electron chi connectivity index (χ3n) is 3.18. The Kier molecular flexibility index (Phi) is 6.57. The Hall–Kier alpha value is -1.35. The molecule has 0 aromatic heterocycles. The number of amides is 1. The monoisotopic (exact) mass is 263 g/mol. The molecule has 0 fully saturated rings. The lowest BCUT2D eigenvalue weighted by Crippen LogP contribution is -2.35. The zero-order valence-electron chi connectivity index (χ0n) is 12.1. The van der Waals surface area contributed by atoms with Gasteiger partial charge >= 0.3 is 0 Å². The maximum atomic E-state index is 12.1. The van der Waals surface area contributed by atoms with Gasteiger partial charge in [-0.3, -0.25) is 4.79 Å². The predicted octanol–water partition coefficient (Wildman–Crippen LogP) is 2.70. The van der Waals surface area contributed by atoms with Gasteiger partial charge in [-0.15, -0.1) is 0 Å². The van der Waals surface area contributed by atoms with Crippen LogP contribution in [0.4, 0.5) is 0 Å². The van der Waals surface area contributed by atoms with Crippen molar-refractivity contribution < 1.29 is 9.90 Å². The Balaban J connectivity index is 2.51. The van der Waals surface area contributed by atoms with E-state index in [0.29, 0.717) is 18.9 Å². The second kappa shape index (κ2) is 7.95. The average molecular weight is 263 g/mol. The fourth-order valence-electron chi connectivity index (χ4n) is 2.23. The molecule has 3 heteroatoms. The predicted molar refractivity (Wildman–Crippen MR) is 77.9 cm³/mol. The van der Waals surface area contributed by atoms with E-state index in [1.807, 2.05) is 37.3 Å². The molecule has 3 nitrogen and oxygen atoms in total.